The molecule has 0 radical (unpaired) electrons. The van der Waals surface area contributed by atoms with Gasteiger partial charge in [0.1, 0.15) is 0 Å². The normalized spacial score (nSPS) is 13.8. The van der Waals surface area contributed by atoms with Crippen LogP contribution in [-0.4, -0.2) is 27.5 Å². The van der Waals surface area contributed by atoms with Crippen LogP contribution in [0.15, 0.2) is 11.6 Å². The number of unbranched alkanes of at least 4 members (excludes halogenated alkanes) is 3. The second kappa shape index (κ2) is 13.7. The summed E-state index contributed by atoms with van der Waals surface area (Å²) in [7, 11) is -0.248. The van der Waals surface area contributed by atoms with Crippen LogP contribution in [0, 0.1) is 0 Å². The minimum atomic E-state index is -1.69. The quantitative estimate of drug-likeness (QED) is 0.160. The summed E-state index contributed by atoms with van der Waals surface area (Å²) in [5.74, 6) is -0.252. The summed E-state index contributed by atoms with van der Waals surface area (Å²) in [6, 6.07) is 3.43. The molecule has 4 heteroatoms. The highest BCUT2D eigenvalue weighted by Gasteiger charge is 2.33. The van der Waals surface area contributed by atoms with Gasteiger partial charge in [0.25, 0.3) is 0 Å². The van der Waals surface area contributed by atoms with Crippen LogP contribution in [0.3, 0.4) is 0 Å². The molecule has 0 saturated heterocycles. The van der Waals surface area contributed by atoms with E-state index in [4.69, 9.17) is 9.16 Å². The van der Waals surface area contributed by atoms with Crippen molar-refractivity contribution >= 4 is 14.3 Å². The third-order valence-electron chi connectivity index (χ3n) is 5.10. The Morgan fingerprint density at radius 3 is 2.04 bits per heavy atom. The Kier molecular flexibility index (Phi) is 13.3. The molecule has 0 aromatic carbocycles. The fraction of sp³-hybridized carbons (Fsp3) is 0.850. The van der Waals surface area contributed by atoms with E-state index in [0.717, 1.165) is 43.0 Å². The molecule has 1 unspecified atom stereocenters. The molecule has 0 heterocycles. The van der Waals surface area contributed by atoms with Crippen LogP contribution in [0.4, 0.5) is 0 Å². The van der Waals surface area contributed by atoms with Gasteiger partial charge in [-0.25, -0.2) is 4.79 Å². The first kappa shape index (κ1) is 23.4. The second-order valence-electron chi connectivity index (χ2n) is 6.69. The highest BCUT2D eigenvalue weighted by Crippen LogP contribution is 2.29. The number of carbonyl (C=O) groups excluding carboxylic acids is 1. The van der Waals surface area contributed by atoms with E-state index in [1.165, 1.54) is 32.8 Å². The Hall–Kier alpha value is -0.613. The van der Waals surface area contributed by atoms with E-state index in [-0.39, 0.29) is 12.1 Å². The third-order valence-corrected chi connectivity index (χ3v) is 9.75. The molecule has 0 aliphatic rings. The van der Waals surface area contributed by atoms with Gasteiger partial charge in [-0.05, 0) is 36.5 Å². The Balaban J connectivity index is 5.31. The number of carbonyl (C=O) groups is 1. The molecule has 24 heavy (non-hydrogen) atoms. The maximum Gasteiger partial charge on any atom is 0.330 e. The Bertz CT molecular complexity index is 354. The monoisotopic (exact) mass is 356 g/mol. The summed E-state index contributed by atoms with van der Waals surface area (Å²) >= 11 is 0. The van der Waals surface area contributed by atoms with Gasteiger partial charge in [-0.2, -0.15) is 0 Å². The van der Waals surface area contributed by atoms with E-state index < -0.39 is 8.32 Å². The SMILES string of the molecule is CCCCCCC(O[Si](CC)(CC)CC)/C(=C/C(=O)OC)CCC. The predicted octanol–water partition coefficient (Wildman–Crippen LogP) is 6.25. The van der Waals surface area contributed by atoms with Crippen molar-refractivity contribution in [3.8, 4) is 0 Å². The molecule has 0 spiro atoms. The van der Waals surface area contributed by atoms with Crippen molar-refractivity contribution in [3.63, 3.8) is 0 Å². The molecule has 0 bridgehead atoms. The number of hydrogen-bond donors (Lipinski definition) is 0. The van der Waals surface area contributed by atoms with Gasteiger partial charge in [0.15, 0.2) is 8.32 Å². The minimum absolute atomic E-state index is 0.0902. The zero-order valence-corrected chi connectivity index (χ0v) is 18.0. The number of ether oxygens (including phenoxy) is 1. The zero-order chi connectivity index (χ0) is 18.4. The summed E-state index contributed by atoms with van der Waals surface area (Å²) < 4.78 is 11.7. The number of rotatable bonds is 14. The van der Waals surface area contributed by atoms with Gasteiger partial charge >= 0.3 is 5.97 Å². The average Bonchev–Trinajstić information content (AvgIpc) is 2.61. The Labute approximate surface area is 151 Å². The van der Waals surface area contributed by atoms with Crippen LogP contribution in [0.1, 0.15) is 79.6 Å². The summed E-state index contributed by atoms with van der Waals surface area (Å²) in [6.07, 6.45) is 9.66. The molecule has 0 rings (SSSR count). The minimum Gasteiger partial charge on any atom is -0.466 e. The van der Waals surface area contributed by atoms with Gasteiger partial charge in [-0.3, -0.25) is 0 Å². The van der Waals surface area contributed by atoms with Crippen LogP contribution in [-0.2, 0) is 14.0 Å². The molecule has 0 aromatic heterocycles. The summed E-state index contributed by atoms with van der Waals surface area (Å²) in [4.78, 5) is 11.8. The van der Waals surface area contributed by atoms with Crippen LogP contribution < -0.4 is 0 Å². The van der Waals surface area contributed by atoms with Crippen LogP contribution in [0.2, 0.25) is 18.1 Å². The molecular formula is C20H40O3Si. The zero-order valence-electron chi connectivity index (χ0n) is 17.0. The van der Waals surface area contributed by atoms with Gasteiger partial charge in [0.2, 0.25) is 0 Å². The predicted molar refractivity (Wildman–Crippen MR) is 106 cm³/mol. The molecule has 1 atom stereocenters. The summed E-state index contributed by atoms with van der Waals surface area (Å²) in [5.41, 5.74) is 1.13. The first-order valence-electron chi connectivity index (χ1n) is 9.98. The molecule has 3 nitrogen and oxygen atoms in total. The lowest BCUT2D eigenvalue weighted by Crippen LogP contribution is -2.40. The van der Waals surface area contributed by atoms with E-state index in [1.54, 1.807) is 6.08 Å². The van der Waals surface area contributed by atoms with E-state index in [0.29, 0.717) is 0 Å². The Morgan fingerprint density at radius 2 is 1.58 bits per heavy atom. The largest absolute Gasteiger partial charge is 0.466 e. The molecule has 0 fully saturated rings. The molecular weight excluding hydrogens is 316 g/mol. The van der Waals surface area contributed by atoms with Crippen molar-refractivity contribution in [1.29, 1.82) is 0 Å². The average molecular weight is 357 g/mol. The molecule has 0 amide bonds. The lowest BCUT2D eigenvalue weighted by molar-refractivity contribution is -0.135. The molecule has 0 saturated carbocycles. The van der Waals surface area contributed by atoms with Crippen molar-refractivity contribution in [3.05, 3.63) is 11.6 Å². The fourth-order valence-electron chi connectivity index (χ4n) is 3.20. The van der Waals surface area contributed by atoms with Crippen LogP contribution in [0.5, 0.6) is 0 Å². The highest BCUT2D eigenvalue weighted by atomic mass is 28.4. The van der Waals surface area contributed by atoms with Crippen LogP contribution in [0.25, 0.3) is 0 Å². The topological polar surface area (TPSA) is 35.5 Å². The van der Waals surface area contributed by atoms with E-state index in [1.807, 2.05) is 0 Å². The molecule has 0 N–H and O–H groups in total. The molecule has 0 aliphatic carbocycles. The number of hydrogen-bond acceptors (Lipinski definition) is 3. The van der Waals surface area contributed by atoms with E-state index in [2.05, 4.69) is 34.6 Å². The van der Waals surface area contributed by atoms with Gasteiger partial charge in [0, 0.05) is 6.08 Å². The first-order valence-corrected chi connectivity index (χ1v) is 12.5. The van der Waals surface area contributed by atoms with E-state index in [9.17, 15) is 4.79 Å². The summed E-state index contributed by atoms with van der Waals surface area (Å²) in [5, 5.41) is 0. The lowest BCUT2D eigenvalue weighted by atomic mass is 9.99. The molecule has 142 valence electrons. The van der Waals surface area contributed by atoms with Crippen molar-refractivity contribution in [1.82, 2.24) is 0 Å². The first-order chi connectivity index (χ1) is 11.5. The van der Waals surface area contributed by atoms with Gasteiger partial charge in [-0.15, -0.1) is 0 Å². The third kappa shape index (κ3) is 8.47. The lowest BCUT2D eigenvalue weighted by Gasteiger charge is -2.34. The van der Waals surface area contributed by atoms with Crippen molar-refractivity contribution < 1.29 is 14.0 Å². The smallest absolute Gasteiger partial charge is 0.330 e. The van der Waals surface area contributed by atoms with Gasteiger partial charge < -0.3 is 9.16 Å². The van der Waals surface area contributed by atoms with E-state index >= 15 is 0 Å². The standard InChI is InChI=1S/C20H40O3Si/c1-7-12-13-14-16-19(23-24(9-3,10-4)11-5)18(15-8-2)17-20(21)22-6/h17,19H,7-16H2,1-6H3/b18-17+. The maximum atomic E-state index is 11.8. The molecule has 0 aliphatic heterocycles. The highest BCUT2D eigenvalue weighted by molar-refractivity contribution is 6.73. The van der Waals surface area contributed by atoms with Crippen LogP contribution >= 0.6 is 0 Å². The summed E-state index contributed by atoms with van der Waals surface area (Å²) in [6.45, 7) is 11.2. The van der Waals surface area contributed by atoms with Gasteiger partial charge in [0.05, 0.1) is 13.2 Å². The second-order valence-corrected chi connectivity index (χ2v) is 11.4. The number of methoxy groups -OCH3 is 1. The molecule has 0 aromatic rings. The van der Waals surface area contributed by atoms with Crippen molar-refractivity contribution in [2.45, 2.75) is 104 Å². The van der Waals surface area contributed by atoms with Crippen molar-refractivity contribution in [2.75, 3.05) is 7.11 Å². The van der Waals surface area contributed by atoms with Gasteiger partial charge in [-0.1, -0.05) is 66.7 Å². The number of esters is 1. The van der Waals surface area contributed by atoms with Crippen molar-refractivity contribution in [2.24, 2.45) is 0 Å². The maximum absolute atomic E-state index is 11.8. The Morgan fingerprint density at radius 1 is 0.958 bits per heavy atom. The fourth-order valence-corrected chi connectivity index (χ4v) is 6.08.